The van der Waals surface area contributed by atoms with Crippen molar-refractivity contribution < 1.29 is 23.1 Å². The summed E-state index contributed by atoms with van der Waals surface area (Å²) in [5, 5.41) is 2.69. The molecule has 7 nitrogen and oxygen atoms in total. The molecule has 2 aliphatic rings. The number of carbonyl (C=O) groups excluding carboxylic acids is 2. The normalized spacial score (nSPS) is 21.2. The van der Waals surface area contributed by atoms with Crippen LogP contribution in [-0.4, -0.2) is 46.1 Å². The molecular formula is C19H18F2N4O3. The molecule has 0 bridgehead atoms. The Kier molecular flexibility index (Phi) is 4.89. The molecule has 2 aromatic rings. The zero-order valence-electron chi connectivity index (χ0n) is 14.9. The number of anilines is 1. The number of ether oxygens (including phenoxy) is 1. The van der Waals surface area contributed by atoms with E-state index in [0.29, 0.717) is 25.3 Å². The van der Waals surface area contributed by atoms with Crippen molar-refractivity contribution in [2.24, 2.45) is 5.92 Å². The summed E-state index contributed by atoms with van der Waals surface area (Å²) in [6, 6.07) is 3.15. The highest BCUT2D eigenvalue weighted by molar-refractivity contribution is 5.89. The Labute approximate surface area is 159 Å². The molecule has 2 aliphatic heterocycles. The number of nitrogens with one attached hydrogen (secondary N) is 1. The fourth-order valence-electron chi connectivity index (χ4n) is 3.67. The van der Waals surface area contributed by atoms with Gasteiger partial charge in [0.2, 0.25) is 5.91 Å². The topological polar surface area (TPSA) is 84.4 Å². The van der Waals surface area contributed by atoms with E-state index in [2.05, 4.69) is 15.3 Å². The minimum Gasteiger partial charge on any atom is -0.447 e. The number of aromatic nitrogens is 2. The van der Waals surface area contributed by atoms with E-state index in [9.17, 15) is 18.4 Å². The summed E-state index contributed by atoms with van der Waals surface area (Å²) in [7, 11) is 0. The van der Waals surface area contributed by atoms with E-state index in [1.165, 1.54) is 12.4 Å². The number of benzene rings is 1. The van der Waals surface area contributed by atoms with Gasteiger partial charge >= 0.3 is 6.09 Å². The molecule has 0 saturated carbocycles. The van der Waals surface area contributed by atoms with Crippen molar-refractivity contribution in [3.8, 4) is 11.3 Å². The molecule has 0 aliphatic carbocycles. The van der Waals surface area contributed by atoms with Crippen LogP contribution in [0, 0.1) is 17.6 Å². The summed E-state index contributed by atoms with van der Waals surface area (Å²) in [5.74, 6) is -1.16. The molecule has 2 unspecified atom stereocenters. The highest BCUT2D eigenvalue weighted by Gasteiger charge is 2.38. The monoisotopic (exact) mass is 388 g/mol. The summed E-state index contributed by atoms with van der Waals surface area (Å²) < 4.78 is 31.7. The van der Waals surface area contributed by atoms with E-state index < -0.39 is 11.6 Å². The van der Waals surface area contributed by atoms with Gasteiger partial charge in [0, 0.05) is 24.6 Å². The molecule has 4 rings (SSSR count). The van der Waals surface area contributed by atoms with Crippen molar-refractivity contribution in [3.05, 3.63) is 42.2 Å². The summed E-state index contributed by atoms with van der Waals surface area (Å²) in [6.45, 7) is 0.977. The van der Waals surface area contributed by atoms with Gasteiger partial charge in [0.15, 0.2) is 5.82 Å². The van der Waals surface area contributed by atoms with Gasteiger partial charge < -0.3 is 15.0 Å². The van der Waals surface area contributed by atoms with Crippen molar-refractivity contribution in [2.45, 2.75) is 25.3 Å². The number of cyclic esters (lactones) is 1. The molecule has 2 fully saturated rings. The number of fused-ring (bicyclic) bond motifs is 1. The van der Waals surface area contributed by atoms with Gasteiger partial charge in [-0.25, -0.2) is 18.6 Å². The minimum absolute atomic E-state index is 0.0461. The Hall–Kier alpha value is -3.10. The second kappa shape index (κ2) is 7.49. The first-order valence-corrected chi connectivity index (χ1v) is 8.99. The number of amides is 2. The van der Waals surface area contributed by atoms with Crippen molar-refractivity contribution in [1.29, 1.82) is 0 Å². The van der Waals surface area contributed by atoms with Gasteiger partial charge in [-0.3, -0.25) is 9.78 Å². The number of halogens is 2. The molecule has 1 N–H and O–H groups in total. The van der Waals surface area contributed by atoms with Crippen molar-refractivity contribution in [1.82, 2.24) is 14.9 Å². The lowest BCUT2D eigenvalue weighted by molar-refractivity contribution is -0.117. The van der Waals surface area contributed by atoms with E-state index >= 15 is 0 Å². The molecule has 0 spiro atoms. The Morgan fingerprint density at radius 2 is 2.00 bits per heavy atom. The molecule has 28 heavy (non-hydrogen) atoms. The minimum atomic E-state index is -0.699. The highest BCUT2D eigenvalue weighted by Crippen LogP contribution is 2.29. The highest BCUT2D eigenvalue weighted by atomic mass is 19.1. The van der Waals surface area contributed by atoms with Crippen molar-refractivity contribution in [3.63, 3.8) is 0 Å². The van der Waals surface area contributed by atoms with Gasteiger partial charge in [0.05, 0.1) is 24.1 Å². The molecule has 3 heterocycles. The lowest BCUT2D eigenvalue weighted by atomic mass is 9.89. The molecule has 1 aromatic carbocycles. The van der Waals surface area contributed by atoms with E-state index in [4.69, 9.17) is 4.74 Å². The molecule has 2 amide bonds. The second-order valence-corrected chi connectivity index (χ2v) is 7.01. The van der Waals surface area contributed by atoms with E-state index in [-0.39, 0.29) is 35.3 Å². The Morgan fingerprint density at radius 3 is 2.71 bits per heavy atom. The lowest BCUT2D eigenvalue weighted by Crippen LogP contribution is -2.41. The third kappa shape index (κ3) is 3.92. The lowest BCUT2D eigenvalue weighted by Gasteiger charge is -2.31. The zero-order valence-corrected chi connectivity index (χ0v) is 14.9. The van der Waals surface area contributed by atoms with Crippen LogP contribution in [0.2, 0.25) is 0 Å². The number of rotatable bonds is 4. The van der Waals surface area contributed by atoms with Gasteiger partial charge in [-0.05, 0) is 30.9 Å². The first-order chi connectivity index (χ1) is 13.5. The number of piperidine rings is 1. The largest absolute Gasteiger partial charge is 0.447 e. The maximum Gasteiger partial charge on any atom is 0.410 e. The summed E-state index contributed by atoms with van der Waals surface area (Å²) in [6.07, 6.45) is 4.22. The van der Waals surface area contributed by atoms with Crippen LogP contribution in [0.25, 0.3) is 11.3 Å². The number of carbonyl (C=O) groups is 2. The fraction of sp³-hybridized carbons (Fsp3) is 0.368. The number of hydrogen-bond acceptors (Lipinski definition) is 5. The van der Waals surface area contributed by atoms with Crippen LogP contribution in [0.3, 0.4) is 0 Å². The number of nitrogens with zero attached hydrogens (tertiary/aromatic N) is 3. The average Bonchev–Trinajstić information content (AvgIpc) is 3.02. The summed E-state index contributed by atoms with van der Waals surface area (Å²) in [5.41, 5.74) is 0.567. The third-order valence-electron chi connectivity index (χ3n) is 5.01. The quantitative estimate of drug-likeness (QED) is 0.871. The zero-order chi connectivity index (χ0) is 19.7. The van der Waals surface area contributed by atoms with Crippen molar-refractivity contribution in [2.75, 3.05) is 18.5 Å². The molecule has 0 radical (unpaired) electrons. The maximum atomic E-state index is 13.3. The Morgan fingerprint density at radius 1 is 1.21 bits per heavy atom. The standard InChI is InChI=1S/C19H18F2N4O3/c20-13-5-12(6-14(21)7-13)16-8-23-17(9-22-16)24-18(26)4-11-1-2-25-15(3-11)10-28-19(25)27/h5-9,11,15H,1-4,10H2,(H,23,24,26). The molecule has 9 heteroatoms. The van der Waals surface area contributed by atoms with Crippen LogP contribution in [-0.2, 0) is 9.53 Å². The average molecular weight is 388 g/mol. The van der Waals surface area contributed by atoms with Gasteiger partial charge in [0.1, 0.15) is 18.2 Å². The molecular weight excluding hydrogens is 370 g/mol. The van der Waals surface area contributed by atoms with Crippen LogP contribution in [0.4, 0.5) is 19.4 Å². The molecule has 1 aromatic heterocycles. The van der Waals surface area contributed by atoms with Gasteiger partial charge in [-0.1, -0.05) is 0 Å². The van der Waals surface area contributed by atoms with E-state index in [1.54, 1.807) is 4.90 Å². The van der Waals surface area contributed by atoms with Gasteiger partial charge in [-0.2, -0.15) is 0 Å². The maximum absolute atomic E-state index is 13.3. The van der Waals surface area contributed by atoms with Crippen LogP contribution in [0.5, 0.6) is 0 Å². The SMILES string of the molecule is O=C(CC1CCN2C(=O)OCC2C1)Nc1cnc(-c2cc(F)cc(F)c2)cn1. The molecule has 146 valence electrons. The first kappa shape index (κ1) is 18.3. The van der Waals surface area contributed by atoms with Crippen molar-refractivity contribution >= 4 is 17.8 Å². The first-order valence-electron chi connectivity index (χ1n) is 8.99. The van der Waals surface area contributed by atoms with Crippen LogP contribution < -0.4 is 5.32 Å². The molecule has 2 saturated heterocycles. The third-order valence-corrected chi connectivity index (χ3v) is 5.01. The Balaban J connectivity index is 1.34. The second-order valence-electron chi connectivity index (χ2n) is 7.01. The molecule has 2 atom stereocenters. The predicted octanol–water partition coefficient (Wildman–Crippen LogP) is 2.98. The smallest absolute Gasteiger partial charge is 0.410 e. The predicted molar refractivity (Wildman–Crippen MR) is 95.2 cm³/mol. The van der Waals surface area contributed by atoms with E-state index in [1.807, 2.05) is 0 Å². The summed E-state index contributed by atoms with van der Waals surface area (Å²) >= 11 is 0. The van der Waals surface area contributed by atoms with Gasteiger partial charge in [-0.15, -0.1) is 0 Å². The number of hydrogen-bond donors (Lipinski definition) is 1. The van der Waals surface area contributed by atoms with Crippen LogP contribution >= 0.6 is 0 Å². The fourth-order valence-corrected chi connectivity index (χ4v) is 3.67. The van der Waals surface area contributed by atoms with E-state index in [0.717, 1.165) is 31.0 Å². The summed E-state index contributed by atoms with van der Waals surface area (Å²) in [4.78, 5) is 33.7. The van der Waals surface area contributed by atoms with Gasteiger partial charge in [0.25, 0.3) is 0 Å². The Bertz CT molecular complexity index is 886. The van der Waals surface area contributed by atoms with Crippen LogP contribution in [0.15, 0.2) is 30.6 Å². The van der Waals surface area contributed by atoms with Crippen LogP contribution in [0.1, 0.15) is 19.3 Å².